The molecule has 10 heavy (non-hydrogen) atoms. The molecule has 0 saturated carbocycles. The molecule has 1 aromatic heterocycles. The lowest BCUT2D eigenvalue weighted by atomic mass is 10.3. The Morgan fingerprint density at radius 2 is 2.50 bits per heavy atom. The number of aromatic nitrogens is 2. The zero-order valence-corrected chi connectivity index (χ0v) is 5.24. The summed E-state index contributed by atoms with van der Waals surface area (Å²) in [5.41, 5.74) is 0.317. The van der Waals surface area contributed by atoms with Crippen molar-refractivity contribution in [2.24, 2.45) is 0 Å². The minimum Gasteiger partial charge on any atom is -0.384 e. The number of halogens is 1. The van der Waals surface area contributed by atoms with Crippen molar-refractivity contribution in [2.45, 2.75) is 6.10 Å². The molecule has 1 aromatic rings. The first kappa shape index (κ1) is 7.08. The number of rotatable bonds is 2. The number of alkyl halides is 1. The maximum Gasteiger partial charge on any atom is 0.124 e. The van der Waals surface area contributed by atoms with E-state index in [0.29, 0.717) is 5.69 Å². The average molecular weight is 142 g/mol. The highest BCUT2D eigenvalue weighted by Gasteiger charge is 2.05. The van der Waals surface area contributed by atoms with E-state index in [0.717, 1.165) is 0 Å². The van der Waals surface area contributed by atoms with Gasteiger partial charge in [-0.1, -0.05) is 0 Å². The smallest absolute Gasteiger partial charge is 0.124 e. The van der Waals surface area contributed by atoms with Gasteiger partial charge < -0.3 is 5.11 Å². The summed E-state index contributed by atoms with van der Waals surface area (Å²) >= 11 is 0. The van der Waals surface area contributed by atoms with Crippen LogP contribution in [-0.2, 0) is 0 Å². The molecule has 0 radical (unpaired) electrons. The average Bonchev–Trinajstić information content (AvgIpc) is 2.05. The van der Waals surface area contributed by atoms with E-state index in [-0.39, 0.29) is 0 Å². The maximum atomic E-state index is 11.8. The van der Waals surface area contributed by atoms with Crippen LogP contribution in [0.1, 0.15) is 11.8 Å². The molecule has 0 spiro atoms. The molecular weight excluding hydrogens is 135 g/mol. The molecule has 4 heteroatoms. The Morgan fingerprint density at radius 1 is 1.70 bits per heavy atom. The van der Waals surface area contributed by atoms with Crippen molar-refractivity contribution in [3.63, 3.8) is 0 Å². The van der Waals surface area contributed by atoms with E-state index in [1.54, 1.807) is 0 Å². The third kappa shape index (κ3) is 1.48. The fourth-order valence-corrected chi connectivity index (χ4v) is 0.577. The molecule has 1 N–H and O–H groups in total. The van der Waals surface area contributed by atoms with Crippen molar-refractivity contribution < 1.29 is 9.50 Å². The SMILES string of the molecule is OC(CF)c1ccncn1. The first-order valence-electron chi connectivity index (χ1n) is 2.84. The van der Waals surface area contributed by atoms with Gasteiger partial charge in [-0.25, -0.2) is 14.4 Å². The van der Waals surface area contributed by atoms with Crippen LogP contribution in [0.15, 0.2) is 18.6 Å². The Balaban J connectivity index is 2.75. The van der Waals surface area contributed by atoms with Gasteiger partial charge in [0.25, 0.3) is 0 Å². The van der Waals surface area contributed by atoms with Crippen molar-refractivity contribution in [1.29, 1.82) is 0 Å². The van der Waals surface area contributed by atoms with Gasteiger partial charge in [0, 0.05) is 6.20 Å². The Kier molecular flexibility index (Phi) is 2.28. The summed E-state index contributed by atoms with van der Waals surface area (Å²) in [5, 5.41) is 8.86. The van der Waals surface area contributed by atoms with Gasteiger partial charge in [0.15, 0.2) is 0 Å². The molecule has 0 fully saturated rings. The van der Waals surface area contributed by atoms with Crippen molar-refractivity contribution in [2.75, 3.05) is 6.67 Å². The van der Waals surface area contributed by atoms with Gasteiger partial charge in [0.2, 0.25) is 0 Å². The standard InChI is InChI=1S/C6H7FN2O/c7-3-6(10)5-1-2-8-4-9-5/h1-2,4,6,10H,3H2. The molecule has 0 aliphatic rings. The van der Waals surface area contributed by atoms with E-state index >= 15 is 0 Å². The number of aliphatic hydroxyl groups excluding tert-OH is 1. The molecule has 54 valence electrons. The molecular formula is C6H7FN2O. The van der Waals surface area contributed by atoms with Gasteiger partial charge in [-0.05, 0) is 6.07 Å². The lowest BCUT2D eigenvalue weighted by molar-refractivity contribution is 0.137. The molecule has 0 bridgehead atoms. The highest BCUT2D eigenvalue weighted by molar-refractivity contribution is 5.01. The van der Waals surface area contributed by atoms with E-state index in [2.05, 4.69) is 9.97 Å². The second kappa shape index (κ2) is 3.22. The number of aliphatic hydroxyl groups is 1. The Hall–Kier alpha value is -1.03. The van der Waals surface area contributed by atoms with Crippen LogP contribution in [0.3, 0.4) is 0 Å². The third-order valence-corrected chi connectivity index (χ3v) is 1.09. The Bertz CT molecular complexity index is 192. The second-order valence-corrected chi connectivity index (χ2v) is 1.80. The molecule has 1 unspecified atom stereocenters. The number of nitrogens with zero attached hydrogens (tertiary/aromatic N) is 2. The van der Waals surface area contributed by atoms with Crippen LogP contribution in [-0.4, -0.2) is 21.7 Å². The van der Waals surface area contributed by atoms with Crippen LogP contribution in [0.2, 0.25) is 0 Å². The molecule has 1 heterocycles. The van der Waals surface area contributed by atoms with Crippen LogP contribution >= 0.6 is 0 Å². The van der Waals surface area contributed by atoms with E-state index in [9.17, 15) is 4.39 Å². The van der Waals surface area contributed by atoms with Crippen LogP contribution in [0.25, 0.3) is 0 Å². The van der Waals surface area contributed by atoms with Gasteiger partial charge in [0.1, 0.15) is 19.1 Å². The highest BCUT2D eigenvalue weighted by atomic mass is 19.1. The third-order valence-electron chi connectivity index (χ3n) is 1.09. The fraction of sp³-hybridized carbons (Fsp3) is 0.333. The van der Waals surface area contributed by atoms with Gasteiger partial charge >= 0.3 is 0 Å². The van der Waals surface area contributed by atoms with Crippen molar-refractivity contribution in [3.05, 3.63) is 24.3 Å². The van der Waals surface area contributed by atoms with Gasteiger partial charge in [0.05, 0.1) is 5.69 Å². The first-order chi connectivity index (χ1) is 4.84. The predicted molar refractivity (Wildman–Crippen MR) is 33.0 cm³/mol. The summed E-state index contributed by atoms with van der Waals surface area (Å²) in [6, 6.07) is 1.48. The van der Waals surface area contributed by atoms with E-state index in [4.69, 9.17) is 5.11 Å². The molecule has 1 atom stereocenters. The number of hydrogen-bond acceptors (Lipinski definition) is 3. The lowest BCUT2D eigenvalue weighted by Gasteiger charge is -2.01. The summed E-state index contributed by atoms with van der Waals surface area (Å²) in [6.45, 7) is -0.809. The summed E-state index contributed by atoms with van der Waals surface area (Å²) in [4.78, 5) is 7.27. The van der Waals surface area contributed by atoms with Gasteiger partial charge in [-0.2, -0.15) is 0 Å². The highest BCUT2D eigenvalue weighted by Crippen LogP contribution is 2.06. The molecule has 0 aliphatic heterocycles. The Labute approximate surface area is 57.6 Å². The molecule has 0 aliphatic carbocycles. The van der Waals surface area contributed by atoms with Crippen LogP contribution in [0, 0.1) is 0 Å². The van der Waals surface area contributed by atoms with Crippen molar-refractivity contribution in [3.8, 4) is 0 Å². The summed E-state index contributed by atoms with van der Waals surface area (Å²) in [5.74, 6) is 0. The van der Waals surface area contributed by atoms with Crippen molar-refractivity contribution >= 4 is 0 Å². The molecule has 3 nitrogen and oxygen atoms in total. The second-order valence-electron chi connectivity index (χ2n) is 1.80. The van der Waals surface area contributed by atoms with Crippen LogP contribution in [0.5, 0.6) is 0 Å². The van der Waals surface area contributed by atoms with E-state index in [1.165, 1.54) is 18.6 Å². The normalized spacial score (nSPS) is 13.0. The topological polar surface area (TPSA) is 46.0 Å². The molecule has 0 aromatic carbocycles. The van der Waals surface area contributed by atoms with Gasteiger partial charge in [-0.15, -0.1) is 0 Å². The minimum atomic E-state index is -1.11. The summed E-state index contributed by atoms with van der Waals surface area (Å²) < 4.78 is 11.8. The molecule has 1 rings (SSSR count). The molecule has 0 amide bonds. The lowest BCUT2D eigenvalue weighted by Crippen LogP contribution is -2.01. The zero-order valence-electron chi connectivity index (χ0n) is 5.24. The van der Waals surface area contributed by atoms with Gasteiger partial charge in [-0.3, -0.25) is 0 Å². The van der Waals surface area contributed by atoms with Crippen LogP contribution < -0.4 is 0 Å². The monoisotopic (exact) mass is 142 g/mol. The Morgan fingerprint density at radius 3 is 3.00 bits per heavy atom. The summed E-state index contributed by atoms with van der Waals surface area (Å²) in [7, 11) is 0. The number of hydrogen-bond donors (Lipinski definition) is 1. The van der Waals surface area contributed by atoms with Crippen LogP contribution in [0.4, 0.5) is 4.39 Å². The fourth-order valence-electron chi connectivity index (χ4n) is 0.577. The quantitative estimate of drug-likeness (QED) is 0.653. The van der Waals surface area contributed by atoms with Crippen molar-refractivity contribution in [1.82, 2.24) is 9.97 Å². The van der Waals surface area contributed by atoms with E-state index in [1.807, 2.05) is 0 Å². The predicted octanol–water partition coefficient (Wildman–Crippen LogP) is 0.480. The summed E-state index contributed by atoms with van der Waals surface area (Å²) in [6.07, 6.45) is 1.62. The molecule has 0 saturated heterocycles. The first-order valence-corrected chi connectivity index (χ1v) is 2.84. The zero-order chi connectivity index (χ0) is 7.40. The van der Waals surface area contributed by atoms with E-state index < -0.39 is 12.8 Å². The maximum absolute atomic E-state index is 11.8. The largest absolute Gasteiger partial charge is 0.384 e. The minimum absolute atomic E-state index is 0.317.